The van der Waals surface area contributed by atoms with Crippen LogP contribution in [0.3, 0.4) is 0 Å². The lowest BCUT2D eigenvalue weighted by Gasteiger charge is -2.18. The average molecular weight is 263 g/mol. The van der Waals surface area contributed by atoms with Crippen LogP contribution in [0, 0.1) is 11.8 Å². The van der Waals surface area contributed by atoms with Gasteiger partial charge in [0.25, 0.3) is 0 Å². The Morgan fingerprint density at radius 2 is 2.00 bits per heavy atom. The molecule has 1 aromatic rings. The standard InChI is InChI=1S/C15H21NOS/c17-10-6-3-7-14-11-15(18-13-14)12-16-8-4-1-2-5-9-16/h11,13,17H,1-2,4-6,8-10,12H2. The largest absolute Gasteiger partial charge is 0.395 e. The second-order valence-corrected chi connectivity index (χ2v) is 5.76. The van der Waals surface area contributed by atoms with Crippen LogP contribution in [0.1, 0.15) is 42.5 Å². The first kappa shape index (κ1) is 13.6. The summed E-state index contributed by atoms with van der Waals surface area (Å²) in [5.41, 5.74) is 1.10. The van der Waals surface area contributed by atoms with E-state index in [0.29, 0.717) is 6.42 Å². The number of aliphatic hydroxyl groups is 1. The van der Waals surface area contributed by atoms with Crippen LogP contribution < -0.4 is 0 Å². The molecule has 0 spiro atoms. The normalized spacial score (nSPS) is 16.9. The van der Waals surface area contributed by atoms with E-state index in [2.05, 4.69) is 28.2 Å². The van der Waals surface area contributed by atoms with Crippen molar-refractivity contribution in [1.82, 2.24) is 4.90 Å². The first-order valence-electron chi connectivity index (χ1n) is 6.78. The predicted octanol–water partition coefficient (Wildman–Crippen LogP) is 2.86. The van der Waals surface area contributed by atoms with E-state index in [0.717, 1.165) is 12.1 Å². The van der Waals surface area contributed by atoms with Crippen molar-refractivity contribution in [2.75, 3.05) is 19.7 Å². The van der Waals surface area contributed by atoms with Crippen LogP contribution >= 0.6 is 11.3 Å². The molecule has 0 unspecified atom stereocenters. The summed E-state index contributed by atoms with van der Waals surface area (Å²) in [6.45, 7) is 3.71. The highest BCUT2D eigenvalue weighted by molar-refractivity contribution is 7.10. The van der Waals surface area contributed by atoms with Gasteiger partial charge in [0.15, 0.2) is 0 Å². The van der Waals surface area contributed by atoms with Crippen molar-refractivity contribution in [3.05, 3.63) is 21.9 Å². The smallest absolute Gasteiger partial charge is 0.0540 e. The molecule has 3 heteroatoms. The highest BCUT2D eigenvalue weighted by Gasteiger charge is 2.10. The molecule has 2 heterocycles. The molecular formula is C15H21NOS. The lowest BCUT2D eigenvalue weighted by atomic mass is 10.2. The summed E-state index contributed by atoms with van der Waals surface area (Å²) in [4.78, 5) is 3.97. The van der Waals surface area contributed by atoms with E-state index in [1.54, 1.807) is 11.3 Å². The molecule has 0 saturated carbocycles. The molecule has 1 fully saturated rings. The van der Waals surface area contributed by atoms with Gasteiger partial charge in [0.05, 0.1) is 6.61 Å². The topological polar surface area (TPSA) is 23.5 Å². The van der Waals surface area contributed by atoms with Crippen molar-refractivity contribution >= 4 is 11.3 Å². The van der Waals surface area contributed by atoms with Crippen molar-refractivity contribution < 1.29 is 5.11 Å². The van der Waals surface area contributed by atoms with E-state index in [-0.39, 0.29) is 6.61 Å². The monoisotopic (exact) mass is 263 g/mol. The summed E-state index contributed by atoms with van der Waals surface area (Å²) in [6, 6.07) is 2.19. The number of nitrogens with zero attached hydrogens (tertiary/aromatic N) is 1. The molecule has 1 N–H and O–H groups in total. The summed E-state index contributed by atoms with van der Waals surface area (Å²) < 4.78 is 0. The zero-order valence-corrected chi connectivity index (χ0v) is 11.6. The van der Waals surface area contributed by atoms with Crippen LogP contribution in [-0.2, 0) is 6.54 Å². The Bertz CT molecular complexity index is 408. The molecule has 0 radical (unpaired) electrons. The first-order valence-corrected chi connectivity index (χ1v) is 7.66. The maximum atomic E-state index is 8.69. The van der Waals surface area contributed by atoms with E-state index in [1.807, 2.05) is 0 Å². The van der Waals surface area contributed by atoms with Crippen molar-refractivity contribution in [3.8, 4) is 11.8 Å². The van der Waals surface area contributed by atoms with Crippen LogP contribution in [0.2, 0.25) is 0 Å². The zero-order chi connectivity index (χ0) is 12.6. The molecule has 0 aromatic carbocycles. The van der Waals surface area contributed by atoms with Gasteiger partial charge < -0.3 is 5.11 Å². The third-order valence-corrected chi connectivity index (χ3v) is 4.12. The van der Waals surface area contributed by atoms with Gasteiger partial charge in [-0.3, -0.25) is 4.90 Å². The molecule has 98 valence electrons. The second-order valence-electron chi connectivity index (χ2n) is 4.77. The van der Waals surface area contributed by atoms with Crippen LogP contribution in [0.15, 0.2) is 11.4 Å². The molecule has 0 aliphatic carbocycles. The van der Waals surface area contributed by atoms with Gasteiger partial charge in [0.1, 0.15) is 0 Å². The minimum Gasteiger partial charge on any atom is -0.395 e. The quantitative estimate of drug-likeness (QED) is 0.848. The minimum atomic E-state index is 0.151. The fourth-order valence-electron chi connectivity index (χ4n) is 2.26. The van der Waals surface area contributed by atoms with E-state index in [4.69, 9.17) is 5.11 Å². The summed E-state index contributed by atoms with van der Waals surface area (Å²) in [5, 5.41) is 10.8. The molecule has 1 aromatic heterocycles. The molecule has 1 aliphatic heterocycles. The van der Waals surface area contributed by atoms with Gasteiger partial charge in [-0.2, -0.15) is 0 Å². The van der Waals surface area contributed by atoms with Crippen molar-refractivity contribution in [1.29, 1.82) is 0 Å². The highest BCUT2D eigenvalue weighted by atomic mass is 32.1. The van der Waals surface area contributed by atoms with Crippen LogP contribution in [-0.4, -0.2) is 29.7 Å². The SMILES string of the molecule is OCCC#Cc1csc(CN2CCCCCC2)c1. The number of aliphatic hydroxyl groups excluding tert-OH is 1. The molecule has 1 aliphatic rings. The van der Waals surface area contributed by atoms with E-state index in [1.165, 1.54) is 43.6 Å². The number of thiophene rings is 1. The Hall–Kier alpha value is -0.820. The van der Waals surface area contributed by atoms with Crippen LogP contribution in [0.5, 0.6) is 0 Å². The Kier molecular flexibility index (Phi) is 5.73. The van der Waals surface area contributed by atoms with E-state index in [9.17, 15) is 0 Å². The predicted molar refractivity (Wildman–Crippen MR) is 76.6 cm³/mol. The second kappa shape index (κ2) is 7.58. The van der Waals surface area contributed by atoms with Gasteiger partial charge in [0.2, 0.25) is 0 Å². The molecule has 1 saturated heterocycles. The van der Waals surface area contributed by atoms with Gasteiger partial charge in [0, 0.05) is 28.8 Å². The minimum absolute atomic E-state index is 0.151. The lowest BCUT2D eigenvalue weighted by Crippen LogP contribution is -2.23. The number of rotatable bonds is 3. The van der Waals surface area contributed by atoms with Gasteiger partial charge >= 0.3 is 0 Å². The van der Waals surface area contributed by atoms with Gasteiger partial charge in [-0.05, 0) is 32.0 Å². The summed E-state index contributed by atoms with van der Waals surface area (Å²) in [6.07, 6.45) is 6.03. The fourth-order valence-corrected chi connectivity index (χ4v) is 3.12. The lowest BCUT2D eigenvalue weighted by molar-refractivity contribution is 0.279. The summed E-state index contributed by atoms with van der Waals surface area (Å²) in [5.74, 6) is 6.07. The summed E-state index contributed by atoms with van der Waals surface area (Å²) >= 11 is 1.80. The third-order valence-electron chi connectivity index (χ3n) is 3.20. The van der Waals surface area contributed by atoms with Crippen LogP contribution in [0.4, 0.5) is 0 Å². The first-order chi connectivity index (χ1) is 8.88. The molecule has 18 heavy (non-hydrogen) atoms. The van der Waals surface area contributed by atoms with Crippen molar-refractivity contribution in [2.24, 2.45) is 0 Å². The molecule has 2 rings (SSSR count). The van der Waals surface area contributed by atoms with Gasteiger partial charge in [-0.25, -0.2) is 0 Å². The Morgan fingerprint density at radius 1 is 1.22 bits per heavy atom. The Morgan fingerprint density at radius 3 is 2.72 bits per heavy atom. The van der Waals surface area contributed by atoms with E-state index < -0.39 is 0 Å². The number of hydrogen-bond acceptors (Lipinski definition) is 3. The van der Waals surface area contributed by atoms with Gasteiger partial charge in [-0.1, -0.05) is 24.7 Å². The molecule has 0 amide bonds. The maximum absolute atomic E-state index is 8.69. The molecule has 2 nitrogen and oxygen atoms in total. The summed E-state index contributed by atoms with van der Waals surface area (Å²) in [7, 11) is 0. The fraction of sp³-hybridized carbons (Fsp3) is 0.600. The Balaban J connectivity index is 1.87. The third kappa shape index (κ3) is 4.45. The number of hydrogen-bond donors (Lipinski definition) is 1. The average Bonchev–Trinajstić information content (AvgIpc) is 2.65. The van der Waals surface area contributed by atoms with Crippen molar-refractivity contribution in [3.63, 3.8) is 0 Å². The van der Waals surface area contributed by atoms with E-state index >= 15 is 0 Å². The molecular weight excluding hydrogens is 242 g/mol. The number of likely N-dealkylation sites (tertiary alicyclic amines) is 1. The maximum Gasteiger partial charge on any atom is 0.0540 e. The Labute approximate surface area is 114 Å². The molecule has 0 bridgehead atoms. The van der Waals surface area contributed by atoms with Crippen LogP contribution in [0.25, 0.3) is 0 Å². The highest BCUT2D eigenvalue weighted by Crippen LogP contribution is 2.18. The molecule has 0 atom stereocenters. The van der Waals surface area contributed by atoms with Gasteiger partial charge in [-0.15, -0.1) is 11.3 Å². The zero-order valence-electron chi connectivity index (χ0n) is 10.8. The van der Waals surface area contributed by atoms with Crippen molar-refractivity contribution in [2.45, 2.75) is 38.6 Å².